The van der Waals surface area contributed by atoms with E-state index in [0.29, 0.717) is 37.4 Å². The highest BCUT2D eigenvalue weighted by Crippen LogP contribution is 2.31. The van der Waals surface area contributed by atoms with E-state index in [0.717, 1.165) is 35.2 Å². The molecule has 158 valence electrons. The molecule has 0 aromatic heterocycles. The summed E-state index contributed by atoms with van der Waals surface area (Å²) in [5, 5.41) is 3.24. The molecule has 5 nitrogen and oxygen atoms in total. The lowest BCUT2D eigenvalue weighted by Gasteiger charge is -2.15. The first kappa shape index (κ1) is 21.8. The summed E-state index contributed by atoms with van der Waals surface area (Å²) in [7, 11) is 0. The topological polar surface area (TPSA) is 58.6 Å². The number of carbonyl (C=O) groups excluding carboxylic acids is 2. The second-order valence-electron chi connectivity index (χ2n) is 7.70. The van der Waals surface area contributed by atoms with Gasteiger partial charge in [0.1, 0.15) is 5.70 Å². The molecule has 0 saturated heterocycles. The molecule has 0 unspecified atom stereocenters. The summed E-state index contributed by atoms with van der Waals surface area (Å²) in [5.41, 5.74) is 4.50. The standard InChI is InChI=1S/C25H30N2O3/c1-4-5-13-30-14-9-12-27-24(28)22(20-10-7-6-8-11-20)23(25(27)29)26-21-16-18(2)15-19(3)17-21/h6-8,10-11,15-17,26H,4-5,9,12-14H2,1-3H3. The second-order valence-corrected chi connectivity index (χ2v) is 7.70. The van der Waals surface area contributed by atoms with Crippen LogP contribution in [0.1, 0.15) is 42.9 Å². The maximum atomic E-state index is 13.2. The zero-order valence-corrected chi connectivity index (χ0v) is 18.0. The van der Waals surface area contributed by atoms with Gasteiger partial charge in [-0.05, 0) is 55.5 Å². The van der Waals surface area contributed by atoms with Gasteiger partial charge in [0.15, 0.2) is 0 Å². The smallest absolute Gasteiger partial charge is 0.278 e. The molecule has 3 rings (SSSR count). The van der Waals surface area contributed by atoms with Crippen LogP contribution in [-0.2, 0) is 14.3 Å². The third-order valence-corrected chi connectivity index (χ3v) is 5.03. The maximum absolute atomic E-state index is 13.2. The number of hydrogen-bond acceptors (Lipinski definition) is 4. The van der Waals surface area contributed by atoms with Gasteiger partial charge in [-0.15, -0.1) is 0 Å². The number of imide groups is 1. The Morgan fingerprint density at radius 3 is 2.23 bits per heavy atom. The molecule has 5 heteroatoms. The van der Waals surface area contributed by atoms with Crippen molar-refractivity contribution in [1.29, 1.82) is 0 Å². The maximum Gasteiger partial charge on any atom is 0.278 e. The number of carbonyl (C=O) groups is 2. The quantitative estimate of drug-likeness (QED) is 0.459. The van der Waals surface area contributed by atoms with Crippen LogP contribution in [0.2, 0.25) is 0 Å². The molecule has 2 aromatic carbocycles. The van der Waals surface area contributed by atoms with Crippen LogP contribution in [0.25, 0.3) is 5.57 Å². The van der Waals surface area contributed by atoms with Crippen LogP contribution in [0.3, 0.4) is 0 Å². The van der Waals surface area contributed by atoms with E-state index in [2.05, 4.69) is 18.3 Å². The molecule has 0 aliphatic carbocycles. The van der Waals surface area contributed by atoms with Crippen molar-refractivity contribution in [2.24, 2.45) is 0 Å². The minimum Gasteiger partial charge on any atom is -0.381 e. The van der Waals surface area contributed by atoms with Crippen LogP contribution >= 0.6 is 0 Å². The second kappa shape index (κ2) is 10.2. The number of benzene rings is 2. The van der Waals surface area contributed by atoms with E-state index in [1.54, 1.807) is 0 Å². The highest BCUT2D eigenvalue weighted by atomic mass is 16.5. The molecule has 0 radical (unpaired) electrons. The van der Waals surface area contributed by atoms with Gasteiger partial charge in [-0.3, -0.25) is 14.5 Å². The Morgan fingerprint density at radius 2 is 1.57 bits per heavy atom. The molecular weight excluding hydrogens is 376 g/mol. The number of ether oxygens (including phenoxy) is 1. The van der Waals surface area contributed by atoms with Gasteiger partial charge in [0.25, 0.3) is 11.8 Å². The van der Waals surface area contributed by atoms with Gasteiger partial charge in [0, 0.05) is 25.4 Å². The summed E-state index contributed by atoms with van der Waals surface area (Å²) in [4.78, 5) is 27.7. The Balaban J connectivity index is 1.82. The first-order valence-electron chi connectivity index (χ1n) is 10.6. The zero-order chi connectivity index (χ0) is 21.5. The monoisotopic (exact) mass is 406 g/mol. The van der Waals surface area contributed by atoms with E-state index < -0.39 is 0 Å². The number of unbranched alkanes of at least 4 members (excludes halogenated alkanes) is 1. The van der Waals surface area contributed by atoms with E-state index >= 15 is 0 Å². The summed E-state index contributed by atoms with van der Waals surface area (Å²) in [6, 6.07) is 15.4. The highest BCUT2D eigenvalue weighted by Gasteiger charge is 2.38. The molecule has 2 aromatic rings. The SMILES string of the molecule is CCCCOCCCN1C(=O)C(Nc2cc(C)cc(C)c2)=C(c2ccccc2)C1=O. The predicted molar refractivity (Wildman–Crippen MR) is 120 cm³/mol. The number of aryl methyl sites for hydroxylation is 2. The van der Waals surface area contributed by atoms with Crippen molar-refractivity contribution in [3.63, 3.8) is 0 Å². The van der Waals surface area contributed by atoms with Crippen molar-refractivity contribution < 1.29 is 14.3 Å². The first-order valence-corrected chi connectivity index (χ1v) is 10.6. The third kappa shape index (κ3) is 5.16. The predicted octanol–water partition coefficient (Wildman–Crippen LogP) is 4.70. The summed E-state index contributed by atoms with van der Waals surface area (Å²) in [5.74, 6) is -0.543. The van der Waals surface area contributed by atoms with Crippen molar-refractivity contribution >= 4 is 23.1 Å². The largest absolute Gasteiger partial charge is 0.381 e. The zero-order valence-electron chi connectivity index (χ0n) is 18.0. The van der Waals surface area contributed by atoms with Crippen LogP contribution in [0.15, 0.2) is 54.2 Å². The molecule has 2 amide bonds. The van der Waals surface area contributed by atoms with Crippen LogP contribution in [-0.4, -0.2) is 36.5 Å². The average Bonchev–Trinajstić information content (AvgIpc) is 2.94. The molecule has 0 fully saturated rings. The molecule has 1 heterocycles. The number of nitrogens with one attached hydrogen (secondary N) is 1. The Kier molecular flexibility index (Phi) is 7.41. The number of rotatable bonds is 10. The van der Waals surface area contributed by atoms with E-state index in [1.807, 2.05) is 56.3 Å². The first-order chi connectivity index (χ1) is 14.5. The van der Waals surface area contributed by atoms with Crippen molar-refractivity contribution in [2.45, 2.75) is 40.0 Å². The van der Waals surface area contributed by atoms with Crippen molar-refractivity contribution in [1.82, 2.24) is 4.90 Å². The van der Waals surface area contributed by atoms with Crippen LogP contribution in [0, 0.1) is 13.8 Å². The third-order valence-electron chi connectivity index (χ3n) is 5.03. The molecule has 0 atom stereocenters. The summed E-state index contributed by atoms with van der Waals surface area (Å²) in [6.07, 6.45) is 2.73. The summed E-state index contributed by atoms with van der Waals surface area (Å²) < 4.78 is 5.59. The Bertz CT molecular complexity index is 914. The van der Waals surface area contributed by atoms with Crippen LogP contribution in [0.5, 0.6) is 0 Å². The van der Waals surface area contributed by atoms with Gasteiger partial charge in [0.05, 0.1) is 5.57 Å². The van der Waals surface area contributed by atoms with Crippen molar-refractivity contribution in [2.75, 3.05) is 25.1 Å². The van der Waals surface area contributed by atoms with Gasteiger partial charge in [0.2, 0.25) is 0 Å². The molecule has 1 N–H and O–H groups in total. The van der Waals surface area contributed by atoms with E-state index in [4.69, 9.17) is 4.74 Å². The van der Waals surface area contributed by atoms with Crippen molar-refractivity contribution in [3.8, 4) is 0 Å². The lowest BCUT2D eigenvalue weighted by Crippen LogP contribution is -2.34. The molecule has 0 spiro atoms. The lowest BCUT2D eigenvalue weighted by atomic mass is 10.0. The number of anilines is 1. The van der Waals surface area contributed by atoms with Gasteiger partial charge >= 0.3 is 0 Å². The fourth-order valence-corrected chi connectivity index (χ4v) is 3.63. The van der Waals surface area contributed by atoms with E-state index in [9.17, 15) is 9.59 Å². The Morgan fingerprint density at radius 1 is 0.900 bits per heavy atom. The Hall–Kier alpha value is -2.92. The molecule has 0 saturated carbocycles. The molecule has 1 aliphatic heterocycles. The Labute approximate surface area is 178 Å². The van der Waals surface area contributed by atoms with Gasteiger partial charge < -0.3 is 10.1 Å². The minimum atomic E-state index is -0.286. The van der Waals surface area contributed by atoms with Crippen LogP contribution in [0.4, 0.5) is 5.69 Å². The number of nitrogens with zero attached hydrogens (tertiary/aromatic N) is 1. The number of amides is 2. The van der Waals surface area contributed by atoms with E-state index in [1.165, 1.54) is 4.90 Å². The van der Waals surface area contributed by atoms with Crippen LogP contribution < -0.4 is 5.32 Å². The van der Waals surface area contributed by atoms with Gasteiger partial charge in [-0.25, -0.2) is 0 Å². The minimum absolute atomic E-state index is 0.258. The molecule has 1 aliphatic rings. The fraction of sp³-hybridized carbons (Fsp3) is 0.360. The number of hydrogen-bond donors (Lipinski definition) is 1. The summed E-state index contributed by atoms with van der Waals surface area (Å²) in [6.45, 7) is 7.74. The highest BCUT2D eigenvalue weighted by molar-refractivity contribution is 6.36. The normalized spacial score (nSPS) is 14.0. The molecule has 30 heavy (non-hydrogen) atoms. The molecular formula is C25H30N2O3. The fourth-order valence-electron chi connectivity index (χ4n) is 3.63. The van der Waals surface area contributed by atoms with E-state index in [-0.39, 0.29) is 11.8 Å². The lowest BCUT2D eigenvalue weighted by molar-refractivity contribution is -0.137. The van der Waals surface area contributed by atoms with Crippen molar-refractivity contribution in [3.05, 3.63) is 70.9 Å². The summed E-state index contributed by atoms with van der Waals surface area (Å²) >= 11 is 0. The molecule has 0 bridgehead atoms. The average molecular weight is 407 g/mol. The van der Waals surface area contributed by atoms with Gasteiger partial charge in [-0.2, -0.15) is 0 Å². The van der Waals surface area contributed by atoms with Gasteiger partial charge in [-0.1, -0.05) is 49.7 Å².